The predicted molar refractivity (Wildman–Crippen MR) is 135 cm³/mol. The molecular formula is C28H32FN3O4. The number of nitrogens with zero attached hydrogens (tertiary/aromatic N) is 3. The van der Waals surface area contributed by atoms with Crippen LogP contribution in [0.2, 0.25) is 0 Å². The second-order valence-corrected chi connectivity index (χ2v) is 8.97. The largest absolute Gasteiger partial charge is 0.468 e. The summed E-state index contributed by atoms with van der Waals surface area (Å²) in [4.78, 5) is 2.06. The smallest absolute Gasteiger partial charge is 0.222 e. The molecule has 0 unspecified atom stereocenters. The molecule has 1 atom stereocenters. The lowest BCUT2D eigenvalue weighted by Gasteiger charge is -2.25. The van der Waals surface area contributed by atoms with Crippen molar-refractivity contribution in [3.05, 3.63) is 90.1 Å². The van der Waals surface area contributed by atoms with Crippen LogP contribution < -0.4 is 4.74 Å². The molecule has 2 aromatic carbocycles. The zero-order valence-electron chi connectivity index (χ0n) is 20.8. The summed E-state index contributed by atoms with van der Waals surface area (Å²) in [5, 5.41) is 15.5. The molecule has 0 aliphatic carbocycles. The Morgan fingerprint density at radius 2 is 1.86 bits per heavy atom. The van der Waals surface area contributed by atoms with E-state index in [0.29, 0.717) is 31.3 Å². The second-order valence-electron chi connectivity index (χ2n) is 8.97. The predicted octanol–water partition coefficient (Wildman–Crippen LogP) is 5.40. The summed E-state index contributed by atoms with van der Waals surface area (Å²) in [6.07, 6.45) is 0.947. The van der Waals surface area contributed by atoms with Crippen LogP contribution in [0.15, 0.2) is 77.4 Å². The van der Waals surface area contributed by atoms with Crippen molar-refractivity contribution in [2.75, 3.05) is 13.2 Å². The van der Waals surface area contributed by atoms with Crippen LogP contribution in [0.1, 0.15) is 25.2 Å². The average molecular weight is 494 g/mol. The standard InChI is InChI=1S/C28H32FN3O4/c1-20(2)35-19-23(33)16-32(17-25-13-8-14-34-25)18-26-27(21-9-5-4-6-10-21)30-31(3)28(26)36-24-12-7-11-22(29)15-24/h4-15,20,23,33H,16-19H2,1-3H3/t23-/m0/s1. The van der Waals surface area contributed by atoms with Crippen LogP contribution in [-0.4, -0.2) is 45.1 Å². The van der Waals surface area contributed by atoms with Gasteiger partial charge in [-0.3, -0.25) is 4.90 Å². The number of furan rings is 1. The number of benzene rings is 2. The Hall–Kier alpha value is -3.46. The summed E-state index contributed by atoms with van der Waals surface area (Å²) in [5.41, 5.74) is 2.50. The van der Waals surface area contributed by atoms with Gasteiger partial charge < -0.3 is 19.0 Å². The van der Waals surface area contributed by atoms with Gasteiger partial charge in [0.1, 0.15) is 23.0 Å². The van der Waals surface area contributed by atoms with E-state index in [1.165, 1.54) is 12.1 Å². The summed E-state index contributed by atoms with van der Waals surface area (Å²) in [7, 11) is 1.80. The Morgan fingerprint density at radius 3 is 2.56 bits per heavy atom. The lowest BCUT2D eigenvalue weighted by atomic mass is 10.1. The van der Waals surface area contributed by atoms with E-state index in [1.807, 2.05) is 56.3 Å². The molecule has 0 saturated heterocycles. The summed E-state index contributed by atoms with van der Waals surface area (Å²) >= 11 is 0. The van der Waals surface area contributed by atoms with Crippen LogP contribution in [-0.2, 0) is 24.9 Å². The Labute approximate surface area is 210 Å². The lowest BCUT2D eigenvalue weighted by Crippen LogP contribution is -2.35. The molecule has 4 aromatic rings. The van der Waals surface area contributed by atoms with Crippen molar-refractivity contribution in [2.24, 2.45) is 7.05 Å². The van der Waals surface area contributed by atoms with Crippen LogP contribution in [0.25, 0.3) is 11.3 Å². The van der Waals surface area contributed by atoms with E-state index in [1.54, 1.807) is 30.1 Å². The first-order chi connectivity index (χ1) is 17.4. The van der Waals surface area contributed by atoms with Crippen molar-refractivity contribution in [1.29, 1.82) is 0 Å². The van der Waals surface area contributed by atoms with Crippen molar-refractivity contribution in [1.82, 2.24) is 14.7 Å². The fourth-order valence-corrected chi connectivity index (χ4v) is 3.98. The quantitative estimate of drug-likeness (QED) is 0.285. The minimum Gasteiger partial charge on any atom is -0.468 e. The van der Waals surface area contributed by atoms with Gasteiger partial charge in [0.15, 0.2) is 0 Å². The molecule has 0 spiro atoms. The first-order valence-electron chi connectivity index (χ1n) is 12.0. The molecule has 1 N–H and O–H groups in total. The summed E-state index contributed by atoms with van der Waals surface area (Å²) in [5.74, 6) is 1.26. The Bertz CT molecular complexity index is 1230. The third kappa shape index (κ3) is 6.81. The van der Waals surface area contributed by atoms with Crippen molar-refractivity contribution >= 4 is 0 Å². The molecule has 190 valence electrons. The number of halogens is 1. The van der Waals surface area contributed by atoms with Gasteiger partial charge in [0.2, 0.25) is 5.88 Å². The molecule has 2 aromatic heterocycles. The van der Waals surface area contributed by atoms with Crippen LogP contribution >= 0.6 is 0 Å². The number of aliphatic hydroxyl groups excluding tert-OH is 1. The molecule has 4 rings (SSSR count). The van der Waals surface area contributed by atoms with E-state index in [2.05, 4.69) is 4.90 Å². The van der Waals surface area contributed by atoms with E-state index in [0.717, 1.165) is 22.6 Å². The molecule has 2 heterocycles. The number of rotatable bonds is 12. The summed E-state index contributed by atoms with van der Waals surface area (Å²) in [6, 6.07) is 19.6. The van der Waals surface area contributed by atoms with Gasteiger partial charge in [-0.25, -0.2) is 9.07 Å². The molecule has 0 radical (unpaired) electrons. The van der Waals surface area contributed by atoms with Crippen molar-refractivity contribution in [3.8, 4) is 22.9 Å². The Morgan fingerprint density at radius 1 is 1.06 bits per heavy atom. The molecule has 0 saturated carbocycles. The monoisotopic (exact) mass is 493 g/mol. The van der Waals surface area contributed by atoms with Gasteiger partial charge in [0.05, 0.1) is 37.2 Å². The third-order valence-corrected chi connectivity index (χ3v) is 5.58. The van der Waals surface area contributed by atoms with Crippen LogP contribution in [0.3, 0.4) is 0 Å². The summed E-state index contributed by atoms with van der Waals surface area (Å²) in [6.45, 7) is 5.31. The molecule has 8 heteroatoms. The number of aryl methyl sites for hydroxylation is 1. The zero-order valence-corrected chi connectivity index (χ0v) is 20.8. The van der Waals surface area contributed by atoms with E-state index in [4.69, 9.17) is 19.0 Å². The van der Waals surface area contributed by atoms with Crippen LogP contribution in [0.5, 0.6) is 11.6 Å². The number of ether oxygens (including phenoxy) is 2. The SMILES string of the molecule is CC(C)OC[C@@H](O)CN(Cc1ccco1)Cc1c(-c2ccccc2)nn(C)c1Oc1cccc(F)c1. The highest BCUT2D eigenvalue weighted by molar-refractivity contribution is 5.65. The van der Waals surface area contributed by atoms with Gasteiger partial charge in [-0.2, -0.15) is 5.10 Å². The van der Waals surface area contributed by atoms with Gasteiger partial charge in [0.25, 0.3) is 0 Å². The Balaban J connectivity index is 1.69. The van der Waals surface area contributed by atoms with Crippen molar-refractivity contribution in [3.63, 3.8) is 0 Å². The molecular weight excluding hydrogens is 461 g/mol. The van der Waals surface area contributed by atoms with Gasteiger partial charge >= 0.3 is 0 Å². The van der Waals surface area contributed by atoms with Crippen molar-refractivity contribution < 1.29 is 23.4 Å². The Kier molecular flexibility index (Phi) is 8.53. The molecule has 36 heavy (non-hydrogen) atoms. The molecule has 0 fully saturated rings. The number of hydrogen-bond donors (Lipinski definition) is 1. The fourth-order valence-electron chi connectivity index (χ4n) is 3.98. The van der Waals surface area contributed by atoms with Crippen molar-refractivity contribution in [2.45, 2.75) is 39.1 Å². The highest BCUT2D eigenvalue weighted by Gasteiger charge is 2.24. The highest BCUT2D eigenvalue weighted by atomic mass is 19.1. The first-order valence-corrected chi connectivity index (χ1v) is 12.0. The summed E-state index contributed by atoms with van der Waals surface area (Å²) < 4.78 is 32.9. The van der Waals surface area contributed by atoms with Gasteiger partial charge in [-0.05, 0) is 38.1 Å². The molecule has 0 amide bonds. The van der Waals surface area contributed by atoms with E-state index >= 15 is 0 Å². The molecule has 7 nitrogen and oxygen atoms in total. The van der Waals surface area contributed by atoms with Crippen LogP contribution in [0.4, 0.5) is 4.39 Å². The zero-order chi connectivity index (χ0) is 25.5. The van der Waals surface area contributed by atoms with E-state index in [9.17, 15) is 9.50 Å². The number of aromatic nitrogens is 2. The maximum absolute atomic E-state index is 13.9. The fraction of sp³-hybridized carbons (Fsp3) is 0.321. The maximum atomic E-state index is 13.9. The number of hydrogen-bond acceptors (Lipinski definition) is 6. The molecule has 0 aliphatic rings. The van der Waals surface area contributed by atoms with Gasteiger partial charge in [0, 0.05) is 31.8 Å². The third-order valence-electron chi connectivity index (χ3n) is 5.58. The minimum absolute atomic E-state index is 0.0208. The average Bonchev–Trinajstić information content (AvgIpc) is 3.47. The normalized spacial score (nSPS) is 12.4. The topological polar surface area (TPSA) is 72.9 Å². The molecule has 0 aliphatic heterocycles. The van der Waals surface area contributed by atoms with E-state index in [-0.39, 0.29) is 18.5 Å². The maximum Gasteiger partial charge on any atom is 0.222 e. The number of aliphatic hydroxyl groups is 1. The lowest BCUT2D eigenvalue weighted by molar-refractivity contribution is -0.0114. The van der Waals surface area contributed by atoms with E-state index < -0.39 is 6.10 Å². The van der Waals surface area contributed by atoms with Gasteiger partial charge in [-0.1, -0.05) is 36.4 Å². The minimum atomic E-state index is -0.702. The van der Waals surface area contributed by atoms with Crippen LogP contribution in [0, 0.1) is 5.82 Å². The second kappa shape index (κ2) is 12.0. The molecule has 0 bridgehead atoms. The van der Waals surface area contributed by atoms with Gasteiger partial charge in [-0.15, -0.1) is 0 Å². The highest BCUT2D eigenvalue weighted by Crippen LogP contribution is 2.34. The first kappa shape index (κ1) is 25.6.